The molecule has 0 bridgehead atoms. The van der Waals surface area contributed by atoms with Crippen molar-refractivity contribution in [3.63, 3.8) is 0 Å². The second-order valence-corrected chi connectivity index (χ2v) is 8.97. The third kappa shape index (κ3) is 3.94. The Morgan fingerprint density at radius 1 is 0.970 bits per heavy atom. The minimum atomic E-state index is 0.548. The van der Waals surface area contributed by atoms with Crippen LogP contribution in [0.4, 0.5) is 0 Å². The summed E-state index contributed by atoms with van der Waals surface area (Å²) in [7, 11) is 0. The van der Waals surface area contributed by atoms with E-state index >= 15 is 0 Å². The number of aromatic nitrogens is 2. The molecule has 0 fully saturated rings. The SMILES string of the molecule is CCc1[nH]c2ccc(C3=CCCC(C)=C3c3cccc(C)n3)cc2c1-c1cccc(CN)c1. The molecule has 0 amide bonds. The van der Waals surface area contributed by atoms with Crippen LogP contribution in [0, 0.1) is 6.92 Å². The number of allylic oxidation sites excluding steroid dienone is 4. The van der Waals surface area contributed by atoms with E-state index in [1.54, 1.807) is 0 Å². The fourth-order valence-electron chi connectivity index (χ4n) is 5.05. The van der Waals surface area contributed by atoms with Gasteiger partial charge in [0.2, 0.25) is 0 Å². The van der Waals surface area contributed by atoms with Gasteiger partial charge in [-0.25, -0.2) is 0 Å². The smallest absolute Gasteiger partial charge is 0.0710 e. The summed E-state index contributed by atoms with van der Waals surface area (Å²) in [5.74, 6) is 0. The van der Waals surface area contributed by atoms with E-state index in [4.69, 9.17) is 10.7 Å². The van der Waals surface area contributed by atoms with Crippen molar-refractivity contribution in [2.24, 2.45) is 5.73 Å². The normalized spacial score (nSPS) is 14.1. The van der Waals surface area contributed by atoms with Gasteiger partial charge in [0, 0.05) is 40.0 Å². The Balaban J connectivity index is 1.68. The molecule has 166 valence electrons. The molecule has 2 aromatic carbocycles. The highest BCUT2D eigenvalue weighted by Crippen LogP contribution is 2.41. The molecule has 2 aromatic heterocycles. The maximum absolute atomic E-state index is 5.94. The zero-order valence-corrected chi connectivity index (χ0v) is 19.7. The molecule has 0 radical (unpaired) electrons. The summed E-state index contributed by atoms with van der Waals surface area (Å²) in [6.45, 7) is 7.07. The number of nitrogens with zero attached hydrogens (tertiary/aromatic N) is 1. The van der Waals surface area contributed by atoms with Crippen molar-refractivity contribution in [1.82, 2.24) is 9.97 Å². The van der Waals surface area contributed by atoms with E-state index in [1.165, 1.54) is 50.0 Å². The maximum atomic E-state index is 5.94. The predicted octanol–water partition coefficient (Wildman–Crippen LogP) is 7.21. The van der Waals surface area contributed by atoms with E-state index < -0.39 is 0 Å². The predicted molar refractivity (Wildman–Crippen MR) is 140 cm³/mol. The highest BCUT2D eigenvalue weighted by Gasteiger charge is 2.20. The summed E-state index contributed by atoms with van der Waals surface area (Å²) in [5, 5.41) is 1.26. The van der Waals surface area contributed by atoms with Gasteiger partial charge in [0.15, 0.2) is 0 Å². The van der Waals surface area contributed by atoms with Crippen molar-refractivity contribution in [3.8, 4) is 11.1 Å². The monoisotopic (exact) mass is 433 g/mol. The van der Waals surface area contributed by atoms with Crippen LogP contribution in [0.3, 0.4) is 0 Å². The van der Waals surface area contributed by atoms with Gasteiger partial charge in [-0.2, -0.15) is 0 Å². The zero-order valence-electron chi connectivity index (χ0n) is 19.7. The fraction of sp³-hybridized carbons (Fsp3) is 0.233. The maximum Gasteiger partial charge on any atom is 0.0710 e. The Hall–Kier alpha value is -3.43. The number of H-pyrrole nitrogens is 1. The lowest BCUT2D eigenvalue weighted by atomic mass is 9.84. The standard InChI is InChI=1S/C30H31N3/c1-4-26-30(23-11-7-10-21(16-23)18-31)25-17-22(14-15-27(25)33-26)24-12-5-8-19(2)29(24)28-13-6-9-20(3)32-28/h6-7,9-17,33H,4-5,8,18,31H2,1-3H3. The Kier molecular flexibility index (Phi) is 5.74. The van der Waals surface area contributed by atoms with Crippen LogP contribution >= 0.6 is 0 Å². The van der Waals surface area contributed by atoms with Crippen LogP contribution < -0.4 is 5.73 Å². The summed E-state index contributed by atoms with van der Waals surface area (Å²) < 4.78 is 0. The van der Waals surface area contributed by atoms with Gasteiger partial charge in [0.1, 0.15) is 0 Å². The Morgan fingerprint density at radius 3 is 2.61 bits per heavy atom. The van der Waals surface area contributed by atoms with Gasteiger partial charge in [0.25, 0.3) is 0 Å². The number of nitrogens with two attached hydrogens (primary N) is 1. The lowest BCUT2D eigenvalue weighted by Gasteiger charge is -2.21. The molecular weight excluding hydrogens is 402 g/mol. The molecule has 0 unspecified atom stereocenters. The highest BCUT2D eigenvalue weighted by molar-refractivity contribution is 6.08. The van der Waals surface area contributed by atoms with Crippen molar-refractivity contribution < 1.29 is 0 Å². The minimum Gasteiger partial charge on any atom is -0.358 e. The van der Waals surface area contributed by atoms with E-state index in [2.05, 4.69) is 92.5 Å². The lowest BCUT2D eigenvalue weighted by molar-refractivity contribution is 0.967. The first-order chi connectivity index (χ1) is 16.1. The van der Waals surface area contributed by atoms with Crippen molar-refractivity contribution >= 4 is 22.0 Å². The molecule has 0 saturated carbocycles. The van der Waals surface area contributed by atoms with Crippen molar-refractivity contribution in [3.05, 3.63) is 101 Å². The summed E-state index contributed by atoms with van der Waals surface area (Å²) in [5.41, 5.74) is 19.4. The van der Waals surface area contributed by atoms with Gasteiger partial charge in [-0.1, -0.05) is 48.9 Å². The Bertz CT molecular complexity index is 1400. The number of hydrogen-bond acceptors (Lipinski definition) is 2. The second-order valence-electron chi connectivity index (χ2n) is 8.97. The van der Waals surface area contributed by atoms with Gasteiger partial charge in [-0.05, 0) is 85.7 Å². The third-order valence-electron chi connectivity index (χ3n) is 6.70. The van der Waals surface area contributed by atoms with E-state index in [9.17, 15) is 0 Å². The van der Waals surface area contributed by atoms with Gasteiger partial charge in [-0.3, -0.25) is 4.98 Å². The van der Waals surface area contributed by atoms with Gasteiger partial charge >= 0.3 is 0 Å². The summed E-state index contributed by atoms with van der Waals surface area (Å²) in [4.78, 5) is 8.53. The van der Waals surface area contributed by atoms with E-state index in [-0.39, 0.29) is 0 Å². The third-order valence-corrected chi connectivity index (χ3v) is 6.70. The molecule has 33 heavy (non-hydrogen) atoms. The number of hydrogen-bond donors (Lipinski definition) is 2. The number of fused-ring (bicyclic) bond motifs is 1. The highest BCUT2D eigenvalue weighted by atomic mass is 14.7. The number of aryl methyl sites for hydroxylation is 2. The molecule has 0 spiro atoms. The molecule has 1 aliphatic rings. The van der Waals surface area contributed by atoms with E-state index in [0.29, 0.717) is 6.54 Å². The molecule has 3 nitrogen and oxygen atoms in total. The first kappa shape index (κ1) is 21.4. The average Bonchev–Trinajstić information content (AvgIpc) is 3.21. The van der Waals surface area contributed by atoms with Crippen LogP contribution in [0.15, 0.2) is 72.3 Å². The quantitative estimate of drug-likeness (QED) is 0.349. The first-order valence-corrected chi connectivity index (χ1v) is 11.9. The summed E-state index contributed by atoms with van der Waals surface area (Å²) >= 11 is 0. The fourth-order valence-corrected chi connectivity index (χ4v) is 5.05. The number of nitrogens with one attached hydrogen (secondary N) is 1. The number of rotatable bonds is 5. The van der Waals surface area contributed by atoms with E-state index in [1.807, 2.05) is 0 Å². The molecule has 2 heterocycles. The van der Waals surface area contributed by atoms with Gasteiger partial charge in [0.05, 0.1) is 5.69 Å². The van der Waals surface area contributed by atoms with Crippen LogP contribution in [-0.4, -0.2) is 9.97 Å². The van der Waals surface area contributed by atoms with Gasteiger partial charge < -0.3 is 10.7 Å². The number of aromatic amines is 1. The van der Waals surface area contributed by atoms with Crippen LogP contribution in [0.2, 0.25) is 0 Å². The molecule has 0 atom stereocenters. The number of pyridine rings is 1. The molecule has 5 rings (SSSR count). The minimum absolute atomic E-state index is 0.548. The molecule has 0 saturated heterocycles. The number of benzene rings is 2. The zero-order chi connectivity index (χ0) is 22.9. The van der Waals surface area contributed by atoms with Crippen molar-refractivity contribution in [1.29, 1.82) is 0 Å². The molecular formula is C30H31N3. The van der Waals surface area contributed by atoms with Crippen LogP contribution in [-0.2, 0) is 13.0 Å². The Labute approximate surface area is 196 Å². The summed E-state index contributed by atoms with van der Waals surface area (Å²) in [6.07, 6.45) is 5.48. The molecule has 1 aliphatic carbocycles. The van der Waals surface area contributed by atoms with Crippen molar-refractivity contribution in [2.45, 2.75) is 46.6 Å². The van der Waals surface area contributed by atoms with Crippen LogP contribution in [0.1, 0.15) is 54.9 Å². The molecule has 4 aromatic rings. The van der Waals surface area contributed by atoms with E-state index in [0.717, 1.165) is 36.2 Å². The molecule has 0 aliphatic heterocycles. The first-order valence-electron chi connectivity index (χ1n) is 11.9. The molecule has 3 heteroatoms. The second kappa shape index (κ2) is 8.84. The molecule has 3 N–H and O–H groups in total. The topological polar surface area (TPSA) is 54.7 Å². The summed E-state index contributed by atoms with van der Waals surface area (Å²) in [6, 6.07) is 21.8. The average molecular weight is 434 g/mol. The lowest BCUT2D eigenvalue weighted by Crippen LogP contribution is -2.02. The van der Waals surface area contributed by atoms with Crippen LogP contribution in [0.5, 0.6) is 0 Å². The van der Waals surface area contributed by atoms with Crippen molar-refractivity contribution in [2.75, 3.05) is 0 Å². The Morgan fingerprint density at radius 2 is 1.82 bits per heavy atom. The van der Waals surface area contributed by atoms with Gasteiger partial charge in [-0.15, -0.1) is 0 Å². The largest absolute Gasteiger partial charge is 0.358 e. The van der Waals surface area contributed by atoms with Crippen LogP contribution in [0.25, 0.3) is 33.2 Å².